The van der Waals surface area contributed by atoms with Crippen LogP contribution in [0.1, 0.15) is 67.3 Å². The van der Waals surface area contributed by atoms with E-state index in [-0.39, 0.29) is 17.4 Å². The minimum Gasteiger partial charge on any atom is -0.476 e. The molecule has 0 radical (unpaired) electrons. The van der Waals surface area contributed by atoms with Crippen molar-refractivity contribution in [2.24, 2.45) is 0 Å². The highest BCUT2D eigenvalue weighted by molar-refractivity contribution is 7.13. The van der Waals surface area contributed by atoms with E-state index in [0.29, 0.717) is 52.9 Å². The molecule has 44 heavy (non-hydrogen) atoms. The maximum absolute atomic E-state index is 14.4. The minimum absolute atomic E-state index is 0.177. The first-order chi connectivity index (χ1) is 21.0. The average molecular weight is 624 g/mol. The van der Waals surface area contributed by atoms with Crippen LogP contribution in [0.25, 0.3) is 33.6 Å². The van der Waals surface area contributed by atoms with Crippen molar-refractivity contribution in [3.63, 3.8) is 0 Å². The molecule has 1 saturated heterocycles. The first-order valence-electron chi connectivity index (χ1n) is 14.3. The van der Waals surface area contributed by atoms with Crippen molar-refractivity contribution in [3.05, 3.63) is 80.5 Å². The summed E-state index contributed by atoms with van der Waals surface area (Å²) in [5.74, 6) is 0.0438. The Morgan fingerprint density at radius 1 is 1.09 bits per heavy atom. The molecule has 0 aliphatic carbocycles. The van der Waals surface area contributed by atoms with E-state index in [1.165, 1.54) is 10.6 Å². The van der Waals surface area contributed by atoms with Crippen LogP contribution in [0.15, 0.2) is 52.4 Å². The fraction of sp³-hybridized carbons (Fsp3) is 0.344. The largest absolute Gasteiger partial charge is 0.476 e. The van der Waals surface area contributed by atoms with Gasteiger partial charge in [-0.1, -0.05) is 5.57 Å². The number of piperidine rings is 1. The monoisotopic (exact) mass is 623 g/mol. The third-order valence-electron chi connectivity index (χ3n) is 7.11. The Balaban J connectivity index is 1.75. The maximum atomic E-state index is 14.4. The second-order valence-electron chi connectivity index (χ2n) is 10.8. The molecule has 230 valence electrons. The lowest BCUT2D eigenvalue weighted by Crippen LogP contribution is -2.37. The summed E-state index contributed by atoms with van der Waals surface area (Å²) in [5, 5.41) is 1.97. The summed E-state index contributed by atoms with van der Waals surface area (Å²) in [6, 6.07) is 5.57. The zero-order valence-corrected chi connectivity index (χ0v) is 25.7. The Morgan fingerprint density at radius 2 is 1.84 bits per heavy atom. The van der Waals surface area contributed by atoms with Gasteiger partial charge in [0.05, 0.1) is 29.1 Å². The molecule has 12 heteroatoms. The molecule has 1 amide bonds. The topological polar surface area (TPSA) is 90.2 Å². The highest BCUT2D eigenvalue weighted by Crippen LogP contribution is 2.33. The van der Waals surface area contributed by atoms with Gasteiger partial charge in [0.25, 0.3) is 11.5 Å². The molecular formula is C32H32F3N5O3S. The van der Waals surface area contributed by atoms with E-state index in [4.69, 9.17) is 4.74 Å². The number of hydrogen-bond donors (Lipinski definition) is 0. The summed E-state index contributed by atoms with van der Waals surface area (Å²) < 4.78 is 46.5. The number of alkyl halides is 3. The van der Waals surface area contributed by atoms with Crippen LogP contribution in [-0.4, -0.2) is 50.0 Å². The predicted molar refractivity (Wildman–Crippen MR) is 164 cm³/mol. The molecule has 0 aromatic carbocycles. The molecular weight excluding hydrogens is 591 g/mol. The van der Waals surface area contributed by atoms with E-state index in [1.807, 2.05) is 33.8 Å². The lowest BCUT2D eigenvalue weighted by Gasteiger charge is -2.28. The lowest BCUT2D eigenvalue weighted by atomic mass is 10.0. The number of aryl methyl sites for hydroxylation is 1. The molecule has 8 nitrogen and oxygen atoms in total. The summed E-state index contributed by atoms with van der Waals surface area (Å²) in [4.78, 5) is 43.0. The summed E-state index contributed by atoms with van der Waals surface area (Å²) in [6.07, 6.45) is 2.83. The Kier molecular flexibility index (Phi) is 9.00. The number of likely N-dealkylation sites (tertiary alicyclic amines) is 1. The van der Waals surface area contributed by atoms with Gasteiger partial charge in [0.1, 0.15) is 16.4 Å². The molecule has 4 aromatic heterocycles. The molecule has 0 spiro atoms. The number of nitrogens with zero attached hydrogens (tertiary/aromatic N) is 5. The zero-order valence-electron chi connectivity index (χ0n) is 24.9. The zero-order chi connectivity index (χ0) is 31.6. The van der Waals surface area contributed by atoms with Gasteiger partial charge in [0.15, 0.2) is 0 Å². The van der Waals surface area contributed by atoms with Crippen LogP contribution in [0.2, 0.25) is 0 Å². The number of carbonyl (C=O) groups excluding carboxylic acids is 1. The van der Waals surface area contributed by atoms with Crippen LogP contribution in [0.4, 0.5) is 13.2 Å². The molecule has 1 fully saturated rings. The molecule has 0 bridgehead atoms. The van der Waals surface area contributed by atoms with E-state index in [1.54, 1.807) is 28.6 Å². The maximum Gasteiger partial charge on any atom is 0.433 e. The predicted octanol–water partition coefficient (Wildman–Crippen LogP) is 7.19. The van der Waals surface area contributed by atoms with Gasteiger partial charge < -0.3 is 9.64 Å². The lowest BCUT2D eigenvalue weighted by molar-refractivity contribution is -0.141. The van der Waals surface area contributed by atoms with Crippen LogP contribution in [0.5, 0.6) is 5.88 Å². The van der Waals surface area contributed by atoms with Gasteiger partial charge in [-0.05, 0) is 82.9 Å². The number of rotatable bonds is 7. The number of halogens is 3. The fourth-order valence-corrected chi connectivity index (χ4v) is 5.91. The molecule has 1 aliphatic rings. The first kappa shape index (κ1) is 31.1. The van der Waals surface area contributed by atoms with Gasteiger partial charge in [-0.15, -0.1) is 11.3 Å². The Morgan fingerprint density at radius 3 is 2.48 bits per heavy atom. The molecule has 0 unspecified atom stereocenters. The van der Waals surface area contributed by atoms with Gasteiger partial charge in [-0.3, -0.25) is 19.1 Å². The molecule has 5 rings (SSSR count). The SMILES string of the molecule is CCOc1ncc(C)cc1-n1c(C=C(C)C)c(C(=O)N2CCCCC2)cc(-c2nc(-c3ccc(C(F)(F)F)nc3)cs2)c1=O. The van der Waals surface area contributed by atoms with Gasteiger partial charge in [-0.25, -0.2) is 9.97 Å². The van der Waals surface area contributed by atoms with E-state index >= 15 is 0 Å². The minimum atomic E-state index is -4.56. The fourth-order valence-electron chi connectivity index (χ4n) is 5.07. The number of carbonyl (C=O) groups is 1. The normalized spacial score (nSPS) is 13.6. The summed E-state index contributed by atoms with van der Waals surface area (Å²) >= 11 is 1.16. The first-order valence-corrected chi connectivity index (χ1v) is 15.2. The van der Waals surface area contributed by atoms with E-state index in [0.717, 1.165) is 54.0 Å². The number of thiazole rings is 1. The van der Waals surface area contributed by atoms with E-state index in [2.05, 4.69) is 15.0 Å². The number of allylic oxidation sites excluding steroid dienone is 1. The van der Waals surface area contributed by atoms with Crippen molar-refractivity contribution in [1.82, 2.24) is 24.4 Å². The Labute approximate surface area is 256 Å². The van der Waals surface area contributed by atoms with Gasteiger partial charge in [-0.2, -0.15) is 13.2 Å². The molecule has 4 aromatic rings. The van der Waals surface area contributed by atoms with E-state index in [9.17, 15) is 22.8 Å². The number of aromatic nitrogens is 4. The van der Waals surface area contributed by atoms with Crippen molar-refractivity contribution in [1.29, 1.82) is 0 Å². The van der Waals surface area contributed by atoms with Crippen molar-refractivity contribution in [2.75, 3.05) is 19.7 Å². The van der Waals surface area contributed by atoms with Crippen LogP contribution < -0.4 is 10.3 Å². The van der Waals surface area contributed by atoms with Gasteiger partial charge >= 0.3 is 6.18 Å². The number of hydrogen-bond acceptors (Lipinski definition) is 7. The van der Waals surface area contributed by atoms with Crippen molar-refractivity contribution in [2.45, 2.75) is 53.1 Å². The molecule has 0 N–H and O–H groups in total. The summed E-state index contributed by atoms with van der Waals surface area (Å²) in [6.45, 7) is 8.99. The van der Waals surface area contributed by atoms with Crippen molar-refractivity contribution < 1.29 is 22.7 Å². The Hall–Kier alpha value is -4.32. The van der Waals surface area contributed by atoms with E-state index < -0.39 is 17.4 Å². The molecule has 5 heterocycles. The quantitative estimate of drug-likeness (QED) is 0.216. The van der Waals surface area contributed by atoms with Crippen LogP contribution >= 0.6 is 11.3 Å². The standard InChI is InChI=1S/C32H32F3N5O3S/c1-5-43-28-26(14-20(4)16-37-28)40-25(13-19(2)3)22(30(41)39-11-7-6-8-12-39)15-23(31(40)42)29-38-24(18-44-29)21-9-10-27(36-17-21)32(33,34)35/h9-10,13-18H,5-8,11-12H2,1-4H3. The second-order valence-corrected chi connectivity index (χ2v) is 11.7. The summed E-state index contributed by atoms with van der Waals surface area (Å²) in [5.41, 5.74) is 2.27. The van der Waals surface area contributed by atoms with Crippen LogP contribution in [0.3, 0.4) is 0 Å². The average Bonchev–Trinajstić information content (AvgIpc) is 3.48. The second kappa shape index (κ2) is 12.7. The number of pyridine rings is 3. The molecule has 0 saturated carbocycles. The van der Waals surface area contributed by atoms with Crippen molar-refractivity contribution in [3.8, 4) is 33.4 Å². The smallest absolute Gasteiger partial charge is 0.433 e. The third-order valence-corrected chi connectivity index (χ3v) is 7.99. The van der Waals surface area contributed by atoms with Crippen LogP contribution in [-0.2, 0) is 6.18 Å². The highest BCUT2D eigenvalue weighted by Gasteiger charge is 2.32. The van der Waals surface area contributed by atoms with Crippen molar-refractivity contribution >= 4 is 23.3 Å². The number of ether oxygens (including phenoxy) is 1. The Bertz CT molecular complexity index is 1770. The van der Waals surface area contributed by atoms with Gasteiger partial charge in [0.2, 0.25) is 5.88 Å². The summed E-state index contributed by atoms with van der Waals surface area (Å²) in [7, 11) is 0. The van der Waals surface area contributed by atoms with Gasteiger partial charge in [0, 0.05) is 36.4 Å². The molecule has 1 aliphatic heterocycles. The number of amides is 1. The highest BCUT2D eigenvalue weighted by atomic mass is 32.1. The third kappa shape index (κ3) is 6.45. The molecule has 0 atom stereocenters. The van der Waals surface area contributed by atoms with Crippen LogP contribution in [0, 0.1) is 6.92 Å².